The van der Waals surface area contributed by atoms with Crippen LogP contribution in [0.5, 0.6) is 0 Å². The maximum Gasteiger partial charge on any atom is 0.270 e. The highest BCUT2D eigenvalue weighted by molar-refractivity contribution is 6.29. The van der Waals surface area contributed by atoms with Crippen LogP contribution in [0.15, 0.2) is 48.7 Å². The maximum absolute atomic E-state index is 12.8. The summed E-state index contributed by atoms with van der Waals surface area (Å²) in [6, 6.07) is 13.1. The lowest BCUT2D eigenvalue weighted by Gasteiger charge is -2.28. The zero-order chi connectivity index (χ0) is 19.5. The van der Waals surface area contributed by atoms with Gasteiger partial charge in [0.1, 0.15) is 10.8 Å². The van der Waals surface area contributed by atoms with Crippen LogP contribution in [0.2, 0.25) is 5.15 Å². The van der Waals surface area contributed by atoms with Gasteiger partial charge in [-0.25, -0.2) is 9.97 Å². The van der Waals surface area contributed by atoms with Gasteiger partial charge >= 0.3 is 0 Å². The van der Waals surface area contributed by atoms with Gasteiger partial charge in [0.2, 0.25) is 0 Å². The van der Waals surface area contributed by atoms with Gasteiger partial charge < -0.3 is 10.4 Å². The molecule has 1 amide bonds. The Bertz CT molecular complexity index is 991. The molecule has 0 spiro atoms. The van der Waals surface area contributed by atoms with Crippen molar-refractivity contribution in [3.63, 3.8) is 0 Å². The molecular weight excluding hydrogens is 374 g/mol. The molecule has 0 unspecified atom stereocenters. The first kappa shape index (κ1) is 18.8. The van der Waals surface area contributed by atoms with Gasteiger partial charge in [0.25, 0.3) is 5.91 Å². The normalized spacial score (nSPS) is 19.5. The number of carbonyl (C=O) groups is 1. The predicted molar refractivity (Wildman–Crippen MR) is 110 cm³/mol. The molecule has 2 atom stereocenters. The van der Waals surface area contributed by atoms with Crippen molar-refractivity contribution in [2.24, 2.45) is 0 Å². The van der Waals surface area contributed by atoms with E-state index in [1.807, 2.05) is 36.4 Å². The number of hydrogen-bond acceptors (Lipinski definition) is 4. The van der Waals surface area contributed by atoms with Crippen LogP contribution in [-0.4, -0.2) is 33.1 Å². The Morgan fingerprint density at radius 2 is 2.00 bits per heavy atom. The molecule has 3 aromatic rings. The van der Waals surface area contributed by atoms with E-state index in [9.17, 15) is 9.90 Å². The van der Waals surface area contributed by atoms with Gasteiger partial charge in [0.05, 0.1) is 17.7 Å². The number of aliphatic hydroxyl groups excluding tert-OH is 1. The summed E-state index contributed by atoms with van der Waals surface area (Å²) in [5, 5.41) is 14.6. The Morgan fingerprint density at radius 1 is 1.18 bits per heavy atom. The van der Waals surface area contributed by atoms with E-state index in [0.29, 0.717) is 17.3 Å². The lowest BCUT2D eigenvalue weighted by atomic mass is 9.92. The standard InChI is InChI=1S/C22H22ClN3O2/c23-21-10-9-14(13-24-21)11-15-12-19(25-17-6-2-1-5-16(15)17)22(28)26-18-7-3-4-8-20(18)27/h1-2,5-6,9-10,12-13,18,20,27H,3-4,7-8,11H2,(H,26,28)/t18-,20+/m0/s1. The largest absolute Gasteiger partial charge is 0.391 e. The summed E-state index contributed by atoms with van der Waals surface area (Å²) in [5.74, 6) is -0.243. The second kappa shape index (κ2) is 8.25. The third-order valence-electron chi connectivity index (χ3n) is 5.26. The SMILES string of the molecule is O=C(N[C@H]1CCCC[C@H]1O)c1cc(Cc2ccc(Cl)nc2)c2ccccc2n1. The van der Waals surface area contributed by atoms with Crippen molar-refractivity contribution in [3.8, 4) is 0 Å². The molecule has 0 bridgehead atoms. The zero-order valence-corrected chi connectivity index (χ0v) is 16.2. The number of benzene rings is 1. The quantitative estimate of drug-likeness (QED) is 0.657. The molecule has 28 heavy (non-hydrogen) atoms. The first-order valence-corrected chi connectivity index (χ1v) is 9.96. The van der Waals surface area contributed by atoms with Crippen LogP contribution in [-0.2, 0) is 6.42 Å². The Balaban J connectivity index is 1.65. The van der Waals surface area contributed by atoms with Gasteiger partial charge in [-0.3, -0.25) is 4.79 Å². The molecule has 4 rings (SSSR count). The van der Waals surface area contributed by atoms with Gasteiger partial charge in [0, 0.05) is 11.6 Å². The molecule has 6 heteroatoms. The molecule has 0 saturated heterocycles. The van der Waals surface area contributed by atoms with Crippen molar-refractivity contribution in [2.45, 2.75) is 44.2 Å². The van der Waals surface area contributed by atoms with E-state index in [1.165, 1.54) is 0 Å². The summed E-state index contributed by atoms with van der Waals surface area (Å²) >= 11 is 5.89. The van der Waals surface area contributed by atoms with Crippen molar-refractivity contribution >= 4 is 28.4 Å². The average Bonchev–Trinajstić information content (AvgIpc) is 2.71. The molecule has 1 saturated carbocycles. The maximum atomic E-state index is 12.8. The summed E-state index contributed by atoms with van der Waals surface area (Å²) in [6.07, 6.45) is 5.42. The smallest absolute Gasteiger partial charge is 0.270 e. The van der Waals surface area contributed by atoms with Gasteiger partial charge in [-0.2, -0.15) is 0 Å². The molecule has 1 aliphatic carbocycles. The van der Waals surface area contributed by atoms with E-state index in [0.717, 1.165) is 47.7 Å². The molecule has 0 aliphatic heterocycles. The third kappa shape index (κ3) is 4.16. The first-order chi connectivity index (χ1) is 13.6. The van der Waals surface area contributed by atoms with Crippen LogP contribution >= 0.6 is 11.6 Å². The third-order valence-corrected chi connectivity index (χ3v) is 5.49. The van der Waals surface area contributed by atoms with E-state index >= 15 is 0 Å². The second-order valence-electron chi connectivity index (χ2n) is 7.28. The van der Waals surface area contributed by atoms with Gasteiger partial charge in [0.15, 0.2) is 0 Å². The molecule has 2 N–H and O–H groups in total. The lowest BCUT2D eigenvalue weighted by molar-refractivity contribution is 0.0714. The minimum atomic E-state index is -0.488. The number of hydrogen-bond donors (Lipinski definition) is 2. The van der Waals surface area contributed by atoms with Crippen molar-refractivity contribution < 1.29 is 9.90 Å². The minimum Gasteiger partial charge on any atom is -0.391 e. The minimum absolute atomic E-state index is 0.210. The summed E-state index contributed by atoms with van der Waals surface area (Å²) in [6.45, 7) is 0. The van der Waals surface area contributed by atoms with E-state index in [2.05, 4.69) is 15.3 Å². The number of aliphatic hydroxyl groups is 1. The number of nitrogens with zero attached hydrogens (tertiary/aromatic N) is 2. The summed E-state index contributed by atoms with van der Waals surface area (Å²) in [7, 11) is 0. The van der Waals surface area contributed by atoms with E-state index in [-0.39, 0.29) is 11.9 Å². The highest BCUT2D eigenvalue weighted by atomic mass is 35.5. The predicted octanol–water partition coefficient (Wildman–Crippen LogP) is 3.91. The fourth-order valence-electron chi connectivity index (χ4n) is 3.76. The number of halogens is 1. The van der Waals surface area contributed by atoms with Crippen molar-refractivity contribution in [2.75, 3.05) is 0 Å². The van der Waals surface area contributed by atoms with E-state index in [1.54, 1.807) is 12.3 Å². The van der Waals surface area contributed by atoms with Gasteiger partial charge in [-0.1, -0.05) is 48.7 Å². The summed E-state index contributed by atoms with van der Waals surface area (Å²) < 4.78 is 0. The molecule has 2 aromatic heterocycles. The average molecular weight is 396 g/mol. The number of amides is 1. The Kier molecular flexibility index (Phi) is 5.55. The number of para-hydroxylation sites is 1. The number of carbonyl (C=O) groups excluding carboxylic acids is 1. The van der Waals surface area contributed by atoms with Crippen LogP contribution in [0.3, 0.4) is 0 Å². The molecule has 1 fully saturated rings. The van der Waals surface area contributed by atoms with Crippen molar-refractivity contribution in [1.29, 1.82) is 0 Å². The number of aromatic nitrogens is 2. The van der Waals surface area contributed by atoms with Crippen LogP contribution in [0.4, 0.5) is 0 Å². The highest BCUT2D eigenvalue weighted by Gasteiger charge is 2.25. The molecule has 1 aromatic carbocycles. The van der Waals surface area contributed by atoms with Crippen LogP contribution < -0.4 is 5.32 Å². The summed E-state index contributed by atoms with van der Waals surface area (Å²) in [5.41, 5.74) is 3.16. The Labute approximate surface area is 168 Å². The molecule has 144 valence electrons. The topological polar surface area (TPSA) is 75.1 Å². The fourth-order valence-corrected chi connectivity index (χ4v) is 3.87. The van der Waals surface area contributed by atoms with Crippen LogP contribution in [0.1, 0.15) is 47.3 Å². The molecular formula is C22H22ClN3O2. The molecule has 0 radical (unpaired) electrons. The Hall–Kier alpha value is -2.50. The fraction of sp³-hybridized carbons (Fsp3) is 0.318. The number of pyridine rings is 2. The van der Waals surface area contributed by atoms with E-state index < -0.39 is 6.10 Å². The van der Waals surface area contributed by atoms with Crippen LogP contribution in [0.25, 0.3) is 10.9 Å². The molecule has 5 nitrogen and oxygen atoms in total. The van der Waals surface area contributed by atoms with E-state index in [4.69, 9.17) is 11.6 Å². The highest BCUT2D eigenvalue weighted by Crippen LogP contribution is 2.23. The molecule has 1 aliphatic rings. The lowest BCUT2D eigenvalue weighted by Crippen LogP contribution is -2.45. The molecule has 2 heterocycles. The van der Waals surface area contributed by atoms with Gasteiger partial charge in [-0.05, 0) is 48.6 Å². The van der Waals surface area contributed by atoms with Crippen molar-refractivity contribution in [3.05, 3.63) is 70.6 Å². The number of fused-ring (bicyclic) bond motifs is 1. The number of nitrogens with one attached hydrogen (secondary N) is 1. The summed E-state index contributed by atoms with van der Waals surface area (Å²) in [4.78, 5) is 21.5. The monoisotopic (exact) mass is 395 g/mol. The number of rotatable bonds is 4. The first-order valence-electron chi connectivity index (χ1n) is 9.58. The van der Waals surface area contributed by atoms with Crippen LogP contribution in [0, 0.1) is 0 Å². The Morgan fingerprint density at radius 3 is 2.79 bits per heavy atom. The zero-order valence-electron chi connectivity index (χ0n) is 15.4. The van der Waals surface area contributed by atoms with Gasteiger partial charge in [-0.15, -0.1) is 0 Å². The second-order valence-corrected chi connectivity index (χ2v) is 7.67. The van der Waals surface area contributed by atoms with Crippen molar-refractivity contribution in [1.82, 2.24) is 15.3 Å².